The van der Waals surface area contributed by atoms with Crippen molar-refractivity contribution in [1.82, 2.24) is 15.5 Å². The van der Waals surface area contributed by atoms with Gasteiger partial charge in [0.1, 0.15) is 17.3 Å². The molecule has 0 atom stereocenters. The van der Waals surface area contributed by atoms with E-state index in [0.717, 1.165) is 12.1 Å². The Hall–Kier alpha value is -2.51. The van der Waals surface area contributed by atoms with E-state index in [1.807, 2.05) is 0 Å². The van der Waals surface area contributed by atoms with Gasteiger partial charge in [-0.05, 0) is 12.1 Å². The number of nitrogens with zero attached hydrogens (tertiary/aromatic N) is 2. The molecule has 19 heavy (non-hydrogen) atoms. The molecule has 1 heterocycles. The van der Waals surface area contributed by atoms with E-state index in [9.17, 15) is 13.6 Å². The van der Waals surface area contributed by atoms with Crippen LogP contribution in [-0.4, -0.2) is 22.6 Å². The van der Waals surface area contributed by atoms with E-state index in [2.05, 4.69) is 15.5 Å². The first kappa shape index (κ1) is 12.9. The largest absolute Gasteiger partial charge is 0.394 e. The molecule has 0 spiro atoms. The maximum atomic E-state index is 13.2. The van der Waals surface area contributed by atoms with Gasteiger partial charge in [0, 0.05) is 18.5 Å². The normalized spacial score (nSPS) is 10.4. The summed E-state index contributed by atoms with van der Waals surface area (Å²) in [5, 5.41) is 5.87. The van der Waals surface area contributed by atoms with E-state index in [4.69, 9.17) is 10.3 Å². The highest BCUT2D eigenvalue weighted by Crippen LogP contribution is 2.17. The maximum Gasteiger partial charge on any atom is 0.251 e. The average Bonchev–Trinajstić information content (AvgIpc) is 2.88. The quantitative estimate of drug-likeness (QED) is 0.803. The fourth-order valence-electron chi connectivity index (χ4n) is 1.41. The summed E-state index contributed by atoms with van der Waals surface area (Å²) < 4.78 is 31.1. The summed E-state index contributed by atoms with van der Waals surface area (Å²) in [5.74, 6) is -2.20. The van der Waals surface area contributed by atoms with Crippen molar-refractivity contribution in [2.45, 2.75) is 6.42 Å². The molecule has 100 valence electrons. The summed E-state index contributed by atoms with van der Waals surface area (Å²) in [6.07, 6.45) is 1.56. The van der Waals surface area contributed by atoms with Crippen molar-refractivity contribution in [3.63, 3.8) is 0 Å². The number of hydrogen-bond acceptors (Lipinski definition) is 5. The molecule has 0 aliphatic rings. The van der Waals surface area contributed by atoms with Gasteiger partial charge in [-0.3, -0.25) is 4.79 Å². The van der Waals surface area contributed by atoms with Crippen LogP contribution in [0.25, 0.3) is 0 Å². The molecule has 3 N–H and O–H groups in total. The van der Waals surface area contributed by atoms with E-state index in [1.165, 1.54) is 6.33 Å². The lowest BCUT2D eigenvalue weighted by molar-refractivity contribution is 0.0952. The summed E-state index contributed by atoms with van der Waals surface area (Å²) >= 11 is 0. The molecule has 0 bridgehead atoms. The van der Waals surface area contributed by atoms with E-state index in [1.54, 1.807) is 0 Å². The minimum absolute atomic E-state index is 0.144. The summed E-state index contributed by atoms with van der Waals surface area (Å²) in [4.78, 5) is 15.4. The molecule has 0 aliphatic heterocycles. The van der Waals surface area contributed by atoms with Crippen LogP contribution < -0.4 is 11.1 Å². The van der Waals surface area contributed by atoms with E-state index in [0.29, 0.717) is 12.3 Å². The van der Waals surface area contributed by atoms with E-state index >= 15 is 0 Å². The standard InChI is InChI=1S/C11H10F2N4O2/c12-7-3-6(4-8(13)10(7)14)11(18)15-2-1-9-16-5-17-19-9/h3-5H,1-2,14H2,(H,15,18). The van der Waals surface area contributed by atoms with Crippen LogP contribution in [0.15, 0.2) is 23.0 Å². The highest BCUT2D eigenvalue weighted by atomic mass is 19.1. The molecule has 1 amide bonds. The van der Waals surface area contributed by atoms with Crippen molar-refractivity contribution in [1.29, 1.82) is 0 Å². The second kappa shape index (κ2) is 5.42. The lowest BCUT2D eigenvalue weighted by Crippen LogP contribution is -2.26. The first-order chi connectivity index (χ1) is 9.08. The summed E-state index contributed by atoms with van der Waals surface area (Å²) in [6, 6.07) is 1.75. The Balaban J connectivity index is 1.96. The predicted octanol–water partition coefficient (Wildman–Crippen LogP) is 0.902. The minimum atomic E-state index is -0.970. The Labute approximate surface area is 106 Å². The fourth-order valence-corrected chi connectivity index (χ4v) is 1.41. The van der Waals surface area contributed by atoms with Gasteiger partial charge in [0.05, 0.1) is 0 Å². The number of nitrogens with two attached hydrogens (primary N) is 1. The topological polar surface area (TPSA) is 94.0 Å². The number of halogens is 2. The van der Waals surface area contributed by atoms with E-state index < -0.39 is 23.2 Å². The zero-order valence-electron chi connectivity index (χ0n) is 9.69. The van der Waals surface area contributed by atoms with Crippen LogP contribution in [0.1, 0.15) is 16.2 Å². The number of rotatable bonds is 4. The highest BCUT2D eigenvalue weighted by Gasteiger charge is 2.13. The second-order valence-corrected chi connectivity index (χ2v) is 3.69. The molecule has 2 aromatic rings. The molecule has 1 aromatic carbocycles. The van der Waals surface area contributed by atoms with Crippen molar-refractivity contribution >= 4 is 11.6 Å². The van der Waals surface area contributed by atoms with E-state index in [-0.39, 0.29) is 12.1 Å². The zero-order valence-corrected chi connectivity index (χ0v) is 9.69. The number of anilines is 1. The van der Waals surface area contributed by atoms with Crippen molar-refractivity contribution in [2.24, 2.45) is 0 Å². The van der Waals surface area contributed by atoms with Crippen LogP contribution in [-0.2, 0) is 6.42 Å². The molecule has 0 fully saturated rings. The van der Waals surface area contributed by atoms with Gasteiger partial charge in [0.15, 0.2) is 6.33 Å². The number of nitrogen functional groups attached to an aromatic ring is 1. The molecule has 2 rings (SSSR count). The van der Waals surface area contributed by atoms with Gasteiger partial charge in [-0.2, -0.15) is 4.98 Å². The molecule has 8 heteroatoms. The number of carbonyl (C=O) groups excluding carboxylic acids is 1. The summed E-state index contributed by atoms with van der Waals surface area (Å²) in [6.45, 7) is 0.203. The number of hydrogen-bond donors (Lipinski definition) is 2. The molecular formula is C11H10F2N4O2. The number of amides is 1. The van der Waals surface area contributed by atoms with Gasteiger partial charge in [-0.15, -0.1) is 0 Å². The lowest BCUT2D eigenvalue weighted by atomic mass is 10.1. The molecule has 0 saturated heterocycles. The van der Waals surface area contributed by atoms with Gasteiger partial charge >= 0.3 is 0 Å². The van der Waals surface area contributed by atoms with Crippen molar-refractivity contribution in [3.8, 4) is 0 Å². The minimum Gasteiger partial charge on any atom is -0.394 e. The molecule has 0 unspecified atom stereocenters. The lowest BCUT2D eigenvalue weighted by Gasteiger charge is -2.05. The van der Waals surface area contributed by atoms with Gasteiger partial charge < -0.3 is 15.6 Å². The number of carbonyl (C=O) groups is 1. The maximum absolute atomic E-state index is 13.2. The first-order valence-electron chi connectivity index (χ1n) is 5.36. The van der Waals surface area contributed by atoms with Crippen LogP contribution in [0, 0.1) is 11.6 Å². The van der Waals surface area contributed by atoms with Crippen molar-refractivity contribution < 1.29 is 18.1 Å². The summed E-state index contributed by atoms with van der Waals surface area (Å²) in [7, 11) is 0. The zero-order chi connectivity index (χ0) is 13.8. The Morgan fingerprint density at radius 1 is 1.37 bits per heavy atom. The van der Waals surface area contributed by atoms with Crippen molar-refractivity contribution in [2.75, 3.05) is 12.3 Å². The van der Waals surface area contributed by atoms with Crippen LogP contribution in [0.4, 0.5) is 14.5 Å². The molecular weight excluding hydrogens is 258 g/mol. The van der Waals surface area contributed by atoms with Gasteiger partial charge in [0.2, 0.25) is 5.89 Å². The highest BCUT2D eigenvalue weighted by molar-refractivity contribution is 5.94. The van der Waals surface area contributed by atoms with Crippen LogP contribution in [0.3, 0.4) is 0 Å². The molecule has 0 saturated carbocycles. The van der Waals surface area contributed by atoms with Gasteiger partial charge in [-0.25, -0.2) is 8.78 Å². The van der Waals surface area contributed by atoms with Crippen LogP contribution in [0.5, 0.6) is 0 Å². The molecule has 6 nitrogen and oxygen atoms in total. The van der Waals surface area contributed by atoms with Gasteiger partial charge in [-0.1, -0.05) is 5.16 Å². The Bertz CT molecular complexity index is 563. The third kappa shape index (κ3) is 3.03. The fraction of sp³-hybridized carbons (Fsp3) is 0.182. The van der Waals surface area contributed by atoms with Crippen molar-refractivity contribution in [3.05, 3.63) is 41.5 Å². The SMILES string of the molecule is Nc1c(F)cc(C(=O)NCCc2ncno2)cc1F. The first-order valence-corrected chi connectivity index (χ1v) is 5.36. The Morgan fingerprint density at radius 3 is 2.63 bits per heavy atom. The Morgan fingerprint density at radius 2 is 2.05 bits per heavy atom. The molecule has 0 aliphatic carbocycles. The second-order valence-electron chi connectivity index (χ2n) is 3.69. The number of aromatic nitrogens is 2. The third-order valence-electron chi connectivity index (χ3n) is 2.37. The smallest absolute Gasteiger partial charge is 0.251 e. The summed E-state index contributed by atoms with van der Waals surface area (Å²) in [5.41, 5.74) is 4.35. The number of benzene rings is 1. The molecule has 0 radical (unpaired) electrons. The Kier molecular flexibility index (Phi) is 3.69. The third-order valence-corrected chi connectivity index (χ3v) is 2.37. The van der Waals surface area contributed by atoms with Crippen LogP contribution in [0.2, 0.25) is 0 Å². The predicted molar refractivity (Wildman–Crippen MR) is 61.1 cm³/mol. The monoisotopic (exact) mass is 268 g/mol. The van der Waals surface area contributed by atoms with Gasteiger partial charge in [0.25, 0.3) is 5.91 Å². The molecule has 1 aromatic heterocycles. The van der Waals surface area contributed by atoms with Crippen LogP contribution >= 0.6 is 0 Å². The average molecular weight is 268 g/mol. The number of nitrogens with one attached hydrogen (secondary N) is 1.